The van der Waals surface area contributed by atoms with E-state index in [0.717, 1.165) is 43.0 Å². The Morgan fingerprint density at radius 1 is 1.57 bits per heavy atom. The van der Waals surface area contributed by atoms with Gasteiger partial charge in [0, 0.05) is 6.54 Å². The van der Waals surface area contributed by atoms with Crippen molar-refractivity contribution >= 4 is 17.3 Å². The highest BCUT2D eigenvalue weighted by Gasteiger charge is 2.30. The van der Waals surface area contributed by atoms with Crippen LogP contribution in [0.15, 0.2) is 28.2 Å². The van der Waals surface area contributed by atoms with E-state index in [9.17, 15) is 9.90 Å². The summed E-state index contributed by atoms with van der Waals surface area (Å²) in [4.78, 5) is 19.2. The number of aliphatic hydroxyl groups excluding tert-OH is 1. The van der Waals surface area contributed by atoms with Crippen LogP contribution < -0.4 is 0 Å². The molecule has 0 bridgehead atoms. The summed E-state index contributed by atoms with van der Waals surface area (Å²) in [7, 11) is 1.30. The number of methoxy groups -OCH3 is 1. The number of thiophene rings is 1. The number of oxazole rings is 1. The monoisotopic (exact) mass is 336 g/mol. The Hall–Kier alpha value is -1.70. The number of aliphatic hydroxyl groups is 1. The number of hydrogen-bond donors (Lipinski definition) is 1. The first-order valence-electron chi connectivity index (χ1n) is 7.64. The van der Waals surface area contributed by atoms with Gasteiger partial charge < -0.3 is 14.3 Å². The van der Waals surface area contributed by atoms with Gasteiger partial charge in [-0.2, -0.15) is 0 Å². The molecule has 3 heterocycles. The molecule has 0 amide bonds. The minimum absolute atomic E-state index is 0.0299. The maximum Gasteiger partial charge on any atom is 0.334 e. The summed E-state index contributed by atoms with van der Waals surface area (Å²) in [5.41, 5.74) is 0.903. The third kappa shape index (κ3) is 3.80. The van der Waals surface area contributed by atoms with E-state index in [4.69, 9.17) is 4.42 Å². The van der Waals surface area contributed by atoms with E-state index >= 15 is 0 Å². The molecule has 23 heavy (non-hydrogen) atoms. The molecule has 0 saturated carbocycles. The van der Waals surface area contributed by atoms with Gasteiger partial charge in [-0.1, -0.05) is 6.07 Å². The summed E-state index contributed by atoms with van der Waals surface area (Å²) in [6.07, 6.45) is 2.22. The van der Waals surface area contributed by atoms with Gasteiger partial charge in [0.15, 0.2) is 6.10 Å². The molecule has 1 fully saturated rings. The maximum atomic E-state index is 11.4. The van der Waals surface area contributed by atoms with Crippen LogP contribution >= 0.6 is 11.3 Å². The summed E-state index contributed by atoms with van der Waals surface area (Å²) in [5.74, 6) is 0.0872. The fraction of sp³-hybridized carbons (Fsp3) is 0.500. The first-order chi connectivity index (χ1) is 11.2. The van der Waals surface area contributed by atoms with Crippen molar-refractivity contribution < 1.29 is 19.1 Å². The largest absolute Gasteiger partial charge is 0.467 e. The minimum atomic E-state index is -1.01. The predicted octanol–water partition coefficient (Wildman–Crippen LogP) is 2.15. The van der Waals surface area contributed by atoms with Crippen LogP contribution in [0.1, 0.15) is 18.5 Å². The quantitative estimate of drug-likeness (QED) is 0.843. The normalized spacial score (nSPS) is 18.0. The Kier molecular flexibility index (Phi) is 5.09. The smallest absolute Gasteiger partial charge is 0.334 e. The van der Waals surface area contributed by atoms with Crippen LogP contribution in [0.25, 0.3) is 10.8 Å². The number of carbonyl (C=O) groups is 1. The van der Waals surface area contributed by atoms with E-state index in [1.807, 2.05) is 17.5 Å². The summed E-state index contributed by atoms with van der Waals surface area (Å²) >= 11 is 1.60. The average molecular weight is 336 g/mol. The lowest BCUT2D eigenvalue weighted by Gasteiger charge is -2.32. The van der Waals surface area contributed by atoms with Crippen molar-refractivity contribution in [3.63, 3.8) is 0 Å². The second kappa shape index (κ2) is 7.25. The molecule has 0 aliphatic carbocycles. The van der Waals surface area contributed by atoms with Crippen molar-refractivity contribution in [3.05, 3.63) is 29.5 Å². The van der Waals surface area contributed by atoms with Gasteiger partial charge in [0.1, 0.15) is 6.26 Å². The van der Waals surface area contributed by atoms with Gasteiger partial charge in [-0.25, -0.2) is 9.78 Å². The van der Waals surface area contributed by atoms with Crippen molar-refractivity contribution in [3.8, 4) is 10.8 Å². The molecule has 3 rings (SSSR count). The molecule has 1 unspecified atom stereocenters. The van der Waals surface area contributed by atoms with Crippen LogP contribution in [-0.4, -0.2) is 47.3 Å². The Balaban J connectivity index is 1.52. The highest BCUT2D eigenvalue weighted by atomic mass is 32.1. The van der Waals surface area contributed by atoms with Gasteiger partial charge in [0.2, 0.25) is 5.89 Å². The van der Waals surface area contributed by atoms with Crippen molar-refractivity contribution in [2.45, 2.75) is 25.5 Å². The standard InChI is InChI=1S/C16H20N2O4S/c1-21-16(20)14(19)11-4-6-18(7-5-11)9-12-10-22-15(17-12)13-3-2-8-23-13/h2-3,8,10-11,14,19H,4-7,9H2,1H3. The third-order valence-corrected chi connectivity index (χ3v) is 5.05. The average Bonchev–Trinajstić information content (AvgIpc) is 3.25. The Morgan fingerprint density at radius 2 is 2.35 bits per heavy atom. The molecule has 0 aromatic carbocycles. The molecular formula is C16H20N2O4S. The van der Waals surface area contributed by atoms with E-state index < -0.39 is 12.1 Å². The lowest BCUT2D eigenvalue weighted by molar-refractivity contribution is -0.154. The number of piperidine rings is 1. The van der Waals surface area contributed by atoms with Crippen molar-refractivity contribution in [2.75, 3.05) is 20.2 Å². The van der Waals surface area contributed by atoms with E-state index in [1.165, 1.54) is 7.11 Å². The zero-order valence-electron chi connectivity index (χ0n) is 13.0. The summed E-state index contributed by atoms with van der Waals surface area (Å²) in [6.45, 7) is 2.36. The Morgan fingerprint density at radius 3 is 3.00 bits per heavy atom. The van der Waals surface area contributed by atoms with Gasteiger partial charge in [-0.05, 0) is 43.3 Å². The number of ether oxygens (including phenoxy) is 1. The summed E-state index contributed by atoms with van der Waals surface area (Å²) in [6, 6.07) is 3.96. The van der Waals surface area contributed by atoms with Crippen molar-refractivity contribution in [2.24, 2.45) is 5.92 Å². The number of hydrogen-bond acceptors (Lipinski definition) is 7. The van der Waals surface area contributed by atoms with Gasteiger partial charge in [0.25, 0.3) is 0 Å². The molecule has 2 aromatic heterocycles. The van der Waals surface area contributed by atoms with Crippen LogP contribution in [-0.2, 0) is 16.1 Å². The summed E-state index contributed by atoms with van der Waals surface area (Å²) in [5, 5.41) is 11.9. The molecule has 1 N–H and O–H groups in total. The van der Waals surface area contributed by atoms with Crippen molar-refractivity contribution in [1.29, 1.82) is 0 Å². The Bertz CT molecular complexity index is 632. The number of nitrogens with zero attached hydrogens (tertiary/aromatic N) is 2. The number of rotatable bonds is 5. The van der Waals surface area contributed by atoms with Gasteiger partial charge in [-0.3, -0.25) is 4.90 Å². The first kappa shape index (κ1) is 16.2. The van der Waals surface area contributed by atoms with Crippen molar-refractivity contribution in [1.82, 2.24) is 9.88 Å². The van der Waals surface area contributed by atoms with Gasteiger partial charge in [0.05, 0.1) is 17.7 Å². The molecule has 2 aromatic rings. The zero-order chi connectivity index (χ0) is 16.2. The summed E-state index contributed by atoms with van der Waals surface area (Å²) < 4.78 is 10.1. The van der Waals surface area contributed by atoms with Gasteiger partial charge >= 0.3 is 5.97 Å². The number of likely N-dealkylation sites (tertiary alicyclic amines) is 1. The number of carbonyl (C=O) groups excluding carboxylic acids is 1. The maximum absolute atomic E-state index is 11.4. The molecule has 1 saturated heterocycles. The molecule has 1 aliphatic heterocycles. The fourth-order valence-electron chi connectivity index (χ4n) is 2.86. The van der Waals surface area contributed by atoms with Crippen LogP contribution in [0.2, 0.25) is 0 Å². The zero-order valence-corrected chi connectivity index (χ0v) is 13.8. The first-order valence-corrected chi connectivity index (χ1v) is 8.52. The number of esters is 1. The third-order valence-electron chi connectivity index (χ3n) is 4.19. The molecule has 7 heteroatoms. The highest BCUT2D eigenvalue weighted by Crippen LogP contribution is 2.26. The molecule has 0 spiro atoms. The van der Waals surface area contributed by atoms with Crippen LogP contribution in [0.4, 0.5) is 0 Å². The van der Waals surface area contributed by atoms with Crippen LogP contribution in [0.3, 0.4) is 0 Å². The molecule has 124 valence electrons. The molecule has 1 aliphatic rings. The minimum Gasteiger partial charge on any atom is -0.467 e. The number of aromatic nitrogens is 1. The Labute approximate surface area is 138 Å². The molecule has 1 atom stereocenters. The van der Waals surface area contributed by atoms with Crippen LogP contribution in [0, 0.1) is 5.92 Å². The fourth-order valence-corrected chi connectivity index (χ4v) is 3.52. The van der Waals surface area contributed by atoms with Gasteiger partial charge in [-0.15, -0.1) is 11.3 Å². The van der Waals surface area contributed by atoms with Crippen LogP contribution in [0.5, 0.6) is 0 Å². The second-order valence-electron chi connectivity index (χ2n) is 5.70. The van der Waals surface area contributed by atoms with E-state index in [1.54, 1.807) is 17.6 Å². The van der Waals surface area contributed by atoms with E-state index in [0.29, 0.717) is 5.89 Å². The predicted molar refractivity (Wildman–Crippen MR) is 85.8 cm³/mol. The SMILES string of the molecule is COC(=O)C(O)C1CCN(Cc2coc(-c3cccs3)n2)CC1. The van der Waals surface area contributed by atoms with E-state index in [2.05, 4.69) is 14.6 Å². The lowest BCUT2D eigenvalue weighted by Crippen LogP contribution is -2.40. The molecule has 0 radical (unpaired) electrons. The van der Waals surface area contributed by atoms with E-state index in [-0.39, 0.29) is 5.92 Å². The molecule has 6 nitrogen and oxygen atoms in total. The second-order valence-corrected chi connectivity index (χ2v) is 6.65. The topological polar surface area (TPSA) is 75.8 Å². The molecular weight excluding hydrogens is 316 g/mol. The lowest BCUT2D eigenvalue weighted by atomic mass is 9.91. The highest BCUT2D eigenvalue weighted by molar-refractivity contribution is 7.13.